The van der Waals surface area contributed by atoms with Crippen LogP contribution in [0.5, 0.6) is 0 Å². The summed E-state index contributed by atoms with van der Waals surface area (Å²) in [6.45, 7) is 0. The van der Waals surface area contributed by atoms with Crippen molar-refractivity contribution < 1.29 is 0 Å². The SMILES string of the molecule is Nc1cccc(-c2csc(S)n2)c1. The standard InChI is InChI=1S/C9H8N2S2/c10-7-3-1-2-6(4-7)8-5-13-9(12)11-8/h1-5H,10H2,(H,11,12). The quantitative estimate of drug-likeness (QED) is 0.558. The third kappa shape index (κ3) is 1.84. The van der Waals surface area contributed by atoms with Crippen molar-refractivity contribution in [3.63, 3.8) is 0 Å². The number of nitrogens with two attached hydrogens (primary N) is 1. The van der Waals surface area contributed by atoms with Crippen LogP contribution in [0.3, 0.4) is 0 Å². The molecule has 13 heavy (non-hydrogen) atoms. The first-order valence-electron chi connectivity index (χ1n) is 3.76. The summed E-state index contributed by atoms with van der Waals surface area (Å²) in [5.41, 5.74) is 8.39. The summed E-state index contributed by atoms with van der Waals surface area (Å²) >= 11 is 5.67. The Morgan fingerprint density at radius 3 is 2.85 bits per heavy atom. The van der Waals surface area contributed by atoms with Gasteiger partial charge in [0.15, 0.2) is 0 Å². The van der Waals surface area contributed by atoms with Crippen molar-refractivity contribution in [3.8, 4) is 11.3 Å². The van der Waals surface area contributed by atoms with Gasteiger partial charge in [-0.2, -0.15) is 0 Å². The summed E-state index contributed by atoms with van der Waals surface area (Å²) in [5, 5.41) is 1.97. The molecule has 0 bridgehead atoms. The first-order chi connectivity index (χ1) is 6.25. The number of nitrogen functional groups attached to an aromatic ring is 1. The fourth-order valence-electron chi connectivity index (χ4n) is 1.09. The van der Waals surface area contributed by atoms with E-state index in [1.807, 2.05) is 29.6 Å². The van der Waals surface area contributed by atoms with E-state index in [0.717, 1.165) is 21.3 Å². The predicted molar refractivity (Wildman–Crippen MR) is 59.2 cm³/mol. The van der Waals surface area contributed by atoms with E-state index in [4.69, 9.17) is 5.73 Å². The first-order valence-corrected chi connectivity index (χ1v) is 5.09. The van der Waals surface area contributed by atoms with E-state index in [-0.39, 0.29) is 0 Å². The van der Waals surface area contributed by atoms with Crippen molar-refractivity contribution in [2.24, 2.45) is 0 Å². The summed E-state index contributed by atoms with van der Waals surface area (Å²) in [6.07, 6.45) is 0. The van der Waals surface area contributed by atoms with Crippen LogP contribution in [0.25, 0.3) is 11.3 Å². The number of benzene rings is 1. The zero-order valence-corrected chi connectivity index (χ0v) is 8.48. The monoisotopic (exact) mass is 208 g/mol. The van der Waals surface area contributed by atoms with Gasteiger partial charge in [0.25, 0.3) is 0 Å². The van der Waals surface area contributed by atoms with Crippen molar-refractivity contribution in [1.82, 2.24) is 4.98 Å². The highest BCUT2D eigenvalue weighted by Crippen LogP contribution is 2.24. The number of hydrogen-bond acceptors (Lipinski definition) is 4. The van der Waals surface area contributed by atoms with Gasteiger partial charge in [0.05, 0.1) is 5.69 Å². The molecule has 0 aliphatic heterocycles. The molecule has 2 nitrogen and oxygen atoms in total. The molecule has 66 valence electrons. The Hall–Kier alpha value is -1.00. The summed E-state index contributed by atoms with van der Waals surface area (Å²) in [4.78, 5) is 4.25. The Morgan fingerprint density at radius 2 is 2.23 bits per heavy atom. The number of hydrogen-bond donors (Lipinski definition) is 2. The molecule has 0 amide bonds. The average molecular weight is 208 g/mol. The number of rotatable bonds is 1. The van der Waals surface area contributed by atoms with Gasteiger partial charge in [-0.05, 0) is 12.1 Å². The summed E-state index contributed by atoms with van der Waals surface area (Å²) in [6, 6.07) is 7.67. The van der Waals surface area contributed by atoms with Gasteiger partial charge >= 0.3 is 0 Å². The van der Waals surface area contributed by atoms with Crippen LogP contribution in [0, 0.1) is 0 Å². The fraction of sp³-hybridized carbons (Fsp3) is 0. The number of thiazole rings is 1. The van der Waals surface area contributed by atoms with Gasteiger partial charge in [0.1, 0.15) is 4.34 Å². The number of aromatic nitrogens is 1. The van der Waals surface area contributed by atoms with E-state index in [9.17, 15) is 0 Å². The number of thiol groups is 1. The van der Waals surface area contributed by atoms with E-state index in [1.54, 1.807) is 0 Å². The van der Waals surface area contributed by atoms with Crippen molar-refractivity contribution in [2.75, 3.05) is 5.73 Å². The largest absolute Gasteiger partial charge is 0.399 e. The van der Waals surface area contributed by atoms with Gasteiger partial charge < -0.3 is 5.73 Å². The molecule has 2 N–H and O–H groups in total. The van der Waals surface area contributed by atoms with Crippen molar-refractivity contribution >= 4 is 29.7 Å². The summed E-state index contributed by atoms with van der Waals surface area (Å²) in [7, 11) is 0. The lowest BCUT2D eigenvalue weighted by Crippen LogP contribution is -1.84. The molecule has 1 aromatic carbocycles. The molecule has 0 aliphatic rings. The maximum Gasteiger partial charge on any atom is 0.147 e. The van der Waals surface area contributed by atoms with Crippen LogP contribution in [-0.4, -0.2) is 4.98 Å². The minimum atomic E-state index is 0.756. The molecule has 0 fully saturated rings. The molecule has 0 unspecified atom stereocenters. The highest BCUT2D eigenvalue weighted by molar-refractivity contribution is 7.82. The Morgan fingerprint density at radius 1 is 1.38 bits per heavy atom. The van der Waals surface area contributed by atoms with Crippen LogP contribution in [0.2, 0.25) is 0 Å². The molecule has 2 aromatic rings. The van der Waals surface area contributed by atoms with Crippen molar-refractivity contribution in [1.29, 1.82) is 0 Å². The zero-order chi connectivity index (χ0) is 9.26. The van der Waals surface area contributed by atoms with E-state index in [2.05, 4.69) is 17.6 Å². The average Bonchev–Trinajstić information content (AvgIpc) is 2.52. The third-order valence-electron chi connectivity index (χ3n) is 1.67. The molecule has 0 aliphatic carbocycles. The van der Waals surface area contributed by atoms with E-state index in [1.165, 1.54) is 11.3 Å². The Bertz CT molecular complexity index is 423. The fourth-order valence-corrected chi connectivity index (χ4v) is 1.92. The van der Waals surface area contributed by atoms with Crippen LogP contribution in [0.15, 0.2) is 34.0 Å². The number of nitrogens with zero attached hydrogens (tertiary/aromatic N) is 1. The van der Waals surface area contributed by atoms with Gasteiger partial charge in [-0.1, -0.05) is 12.1 Å². The maximum atomic E-state index is 5.66. The molecule has 0 saturated carbocycles. The van der Waals surface area contributed by atoms with Crippen LogP contribution in [-0.2, 0) is 0 Å². The minimum absolute atomic E-state index is 0.756. The normalized spacial score (nSPS) is 10.2. The smallest absolute Gasteiger partial charge is 0.147 e. The van der Waals surface area contributed by atoms with Crippen molar-refractivity contribution in [3.05, 3.63) is 29.6 Å². The summed E-state index contributed by atoms with van der Waals surface area (Å²) in [5.74, 6) is 0. The second-order valence-corrected chi connectivity index (χ2v) is 4.23. The third-order valence-corrected chi connectivity index (χ3v) is 2.73. The lowest BCUT2D eigenvalue weighted by atomic mass is 10.1. The molecule has 1 heterocycles. The Balaban J connectivity index is 2.46. The Kier molecular flexibility index (Phi) is 2.24. The molecule has 0 atom stereocenters. The lowest BCUT2D eigenvalue weighted by molar-refractivity contribution is 1.26. The van der Waals surface area contributed by atoms with Crippen LogP contribution >= 0.6 is 24.0 Å². The lowest BCUT2D eigenvalue weighted by Gasteiger charge is -1.97. The Labute approximate surface area is 85.8 Å². The predicted octanol–water partition coefficient (Wildman–Crippen LogP) is 2.68. The molecular weight excluding hydrogens is 200 g/mol. The molecule has 0 spiro atoms. The van der Waals surface area contributed by atoms with E-state index in [0.29, 0.717) is 0 Å². The first kappa shape index (κ1) is 8.59. The molecule has 0 saturated heterocycles. The molecule has 0 radical (unpaired) electrons. The second kappa shape index (κ2) is 3.40. The second-order valence-electron chi connectivity index (χ2n) is 2.64. The van der Waals surface area contributed by atoms with Crippen LogP contribution in [0.1, 0.15) is 0 Å². The highest BCUT2D eigenvalue weighted by atomic mass is 32.2. The number of anilines is 1. The zero-order valence-electron chi connectivity index (χ0n) is 6.77. The van der Waals surface area contributed by atoms with Crippen molar-refractivity contribution in [2.45, 2.75) is 4.34 Å². The molecule has 2 rings (SSSR count). The van der Waals surface area contributed by atoms with Gasteiger partial charge in [0, 0.05) is 16.6 Å². The molecular formula is C9H8N2S2. The van der Waals surface area contributed by atoms with Gasteiger partial charge in [-0.3, -0.25) is 0 Å². The minimum Gasteiger partial charge on any atom is -0.399 e. The van der Waals surface area contributed by atoms with Gasteiger partial charge in [-0.25, -0.2) is 4.98 Å². The summed E-state index contributed by atoms with van der Waals surface area (Å²) < 4.78 is 0.775. The topological polar surface area (TPSA) is 38.9 Å². The van der Waals surface area contributed by atoms with Crippen LogP contribution in [0.4, 0.5) is 5.69 Å². The van der Waals surface area contributed by atoms with Gasteiger partial charge in [-0.15, -0.1) is 24.0 Å². The maximum absolute atomic E-state index is 5.66. The van der Waals surface area contributed by atoms with E-state index < -0.39 is 0 Å². The van der Waals surface area contributed by atoms with E-state index >= 15 is 0 Å². The molecule has 4 heteroatoms. The molecule has 1 aromatic heterocycles. The van der Waals surface area contributed by atoms with Crippen LogP contribution < -0.4 is 5.73 Å². The van der Waals surface area contributed by atoms with Gasteiger partial charge in [0.2, 0.25) is 0 Å². The highest BCUT2D eigenvalue weighted by Gasteiger charge is 2.01.